The number of aromatic amines is 1. The number of carbonyl (C=O) groups is 1. The van der Waals surface area contributed by atoms with Gasteiger partial charge in [-0.05, 0) is 12.1 Å². The number of nitrogens with zero attached hydrogens (tertiary/aromatic N) is 1. The molecule has 0 radical (unpaired) electrons. The SMILES string of the molecule is O=C(O)c1cn[nH]c1Oc1ccccc1. The van der Waals surface area contributed by atoms with E-state index in [2.05, 4.69) is 10.2 Å². The number of nitrogens with one attached hydrogen (secondary N) is 1. The Kier molecular flexibility index (Phi) is 2.37. The Morgan fingerprint density at radius 1 is 1.33 bits per heavy atom. The molecule has 5 heteroatoms. The highest BCUT2D eigenvalue weighted by Gasteiger charge is 2.13. The Morgan fingerprint density at radius 2 is 2.07 bits per heavy atom. The first-order valence-corrected chi connectivity index (χ1v) is 4.27. The average molecular weight is 204 g/mol. The normalized spacial score (nSPS) is 9.87. The molecule has 0 aliphatic rings. The Morgan fingerprint density at radius 3 is 2.73 bits per heavy atom. The number of para-hydroxylation sites is 1. The Hall–Kier alpha value is -2.30. The van der Waals surface area contributed by atoms with Gasteiger partial charge in [0.15, 0.2) is 0 Å². The molecule has 0 spiro atoms. The summed E-state index contributed by atoms with van der Waals surface area (Å²) in [4.78, 5) is 10.7. The van der Waals surface area contributed by atoms with Gasteiger partial charge in [0.25, 0.3) is 0 Å². The molecule has 0 saturated carbocycles. The number of hydrogen-bond acceptors (Lipinski definition) is 3. The summed E-state index contributed by atoms with van der Waals surface area (Å²) < 4.78 is 5.31. The van der Waals surface area contributed by atoms with Crippen molar-refractivity contribution in [2.45, 2.75) is 0 Å². The van der Waals surface area contributed by atoms with Gasteiger partial charge in [0, 0.05) is 0 Å². The van der Waals surface area contributed by atoms with Crippen LogP contribution in [0.15, 0.2) is 36.5 Å². The molecule has 0 bridgehead atoms. The lowest BCUT2D eigenvalue weighted by Gasteiger charge is -2.02. The van der Waals surface area contributed by atoms with E-state index in [9.17, 15) is 4.79 Å². The molecule has 1 aromatic carbocycles. The monoisotopic (exact) mass is 204 g/mol. The minimum atomic E-state index is -1.07. The first-order valence-electron chi connectivity index (χ1n) is 4.27. The average Bonchev–Trinajstić information content (AvgIpc) is 2.67. The largest absolute Gasteiger partial charge is 0.477 e. The predicted octanol–water partition coefficient (Wildman–Crippen LogP) is 1.90. The third-order valence-electron chi connectivity index (χ3n) is 1.80. The third-order valence-corrected chi connectivity index (χ3v) is 1.80. The zero-order valence-electron chi connectivity index (χ0n) is 7.68. The highest BCUT2D eigenvalue weighted by Crippen LogP contribution is 2.21. The quantitative estimate of drug-likeness (QED) is 0.800. The number of carboxylic acid groups (broad SMARTS) is 1. The lowest BCUT2D eigenvalue weighted by molar-refractivity contribution is 0.0694. The van der Waals surface area contributed by atoms with Gasteiger partial charge in [-0.3, -0.25) is 0 Å². The lowest BCUT2D eigenvalue weighted by Crippen LogP contribution is -1.97. The fraction of sp³-hybridized carbons (Fsp3) is 0. The number of H-pyrrole nitrogens is 1. The second-order valence-corrected chi connectivity index (χ2v) is 2.83. The number of hydrogen-bond donors (Lipinski definition) is 2. The molecule has 2 N–H and O–H groups in total. The van der Waals surface area contributed by atoms with E-state index in [1.807, 2.05) is 6.07 Å². The van der Waals surface area contributed by atoms with Crippen LogP contribution in [0.5, 0.6) is 11.6 Å². The van der Waals surface area contributed by atoms with Crippen LogP contribution in [0, 0.1) is 0 Å². The maximum Gasteiger partial charge on any atom is 0.342 e. The van der Waals surface area contributed by atoms with E-state index >= 15 is 0 Å². The van der Waals surface area contributed by atoms with Crippen molar-refractivity contribution < 1.29 is 14.6 Å². The van der Waals surface area contributed by atoms with Crippen LogP contribution < -0.4 is 4.74 Å². The first-order chi connectivity index (χ1) is 7.27. The van der Waals surface area contributed by atoms with Crippen molar-refractivity contribution >= 4 is 5.97 Å². The second kappa shape index (κ2) is 3.83. The van der Waals surface area contributed by atoms with E-state index in [4.69, 9.17) is 9.84 Å². The molecule has 76 valence electrons. The van der Waals surface area contributed by atoms with Crippen LogP contribution in [-0.4, -0.2) is 21.3 Å². The minimum Gasteiger partial charge on any atom is -0.477 e. The summed E-state index contributed by atoms with van der Waals surface area (Å²) in [5.41, 5.74) is 0.0128. The van der Waals surface area contributed by atoms with Crippen molar-refractivity contribution in [2.24, 2.45) is 0 Å². The lowest BCUT2D eigenvalue weighted by atomic mass is 10.3. The van der Waals surface area contributed by atoms with Gasteiger partial charge < -0.3 is 9.84 Å². The minimum absolute atomic E-state index is 0.0128. The summed E-state index contributed by atoms with van der Waals surface area (Å²) in [6.45, 7) is 0. The first kappa shape index (κ1) is 9.26. The Bertz CT molecular complexity index is 465. The molecule has 0 unspecified atom stereocenters. The summed E-state index contributed by atoms with van der Waals surface area (Å²) in [7, 11) is 0. The molecular weight excluding hydrogens is 196 g/mol. The summed E-state index contributed by atoms with van der Waals surface area (Å²) in [5.74, 6) is -0.382. The third kappa shape index (κ3) is 1.96. The molecule has 2 rings (SSSR count). The highest BCUT2D eigenvalue weighted by molar-refractivity contribution is 5.89. The van der Waals surface area contributed by atoms with E-state index < -0.39 is 5.97 Å². The van der Waals surface area contributed by atoms with Crippen molar-refractivity contribution in [2.75, 3.05) is 0 Å². The predicted molar refractivity (Wildman–Crippen MR) is 52.1 cm³/mol. The number of benzene rings is 1. The van der Waals surface area contributed by atoms with Crippen LogP contribution >= 0.6 is 0 Å². The number of carboxylic acids is 1. The fourth-order valence-corrected chi connectivity index (χ4v) is 1.11. The second-order valence-electron chi connectivity index (χ2n) is 2.83. The zero-order chi connectivity index (χ0) is 10.7. The van der Waals surface area contributed by atoms with Gasteiger partial charge in [-0.2, -0.15) is 5.10 Å². The van der Waals surface area contributed by atoms with Crippen LogP contribution in [0.25, 0.3) is 0 Å². The van der Waals surface area contributed by atoms with Crippen LogP contribution in [0.3, 0.4) is 0 Å². The Labute approximate surface area is 85.3 Å². The number of rotatable bonds is 3. The van der Waals surface area contributed by atoms with Crippen LogP contribution in [0.4, 0.5) is 0 Å². The number of aromatic nitrogens is 2. The smallest absolute Gasteiger partial charge is 0.342 e. The van der Waals surface area contributed by atoms with E-state index in [0.29, 0.717) is 5.75 Å². The summed E-state index contributed by atoms with van der Waals surface area (Å²) in [5, 5.41) is 14.9. The molecule has 15 heavy (non-hydrogen) atoms. The van der Waals surface area contributed by atoms with Crippen molar-refractivity contribution in [3.05, 3.63) is 42.1 Å². The topological polar surface area (TPSA) is 75.2 Å². The van der Waals surface area contributed by atoms with Crippen molar-refractivity contribution in [1.82, 2.24) is 10.2 Å². The molecule has 2 aromatic rings. The standard InChI is InChI=1S/C10H8N2O3/c13-10(14)8-6-11-12-9(8)15-7-4-2-1-3-5-7/h1-6H,(H,11,12)(H,13,14). The van der Waals surface area contributed by atoms with Crippen molar-refractivity contribution in [3.8, 4) is 11.6 Å². The fourth-order valence-electron chi connectivity index (χ4n) is 1.11. The Balaban J connectivity index is 2.25. The number of aromatic carboxylic acids is 1. The number of ether oxygens (including phenoxy) is 1. The van der Waals surface area contributed by atoms with Gasteiger partial charge in [-0.15, -0.1) is 0 Å². The summed E-state index contributed by atoms with van der Waals surface area (Å²) in [6.07, 6.45) is 1.21. The maximum atomic E-state index is 10.7. The van der Waals surface area contributed by atoms with Gasteiger partial charge in [0.05, 0.1) is 6.20 Å². The molecule has 0 atom stereocenters. The molecule has 5 nitrogen and oxygen atoms in total. The van der Waals surface area contributed by atoms with Gasteiger partial charge in [0.1, 0.15) is 11.3 Å². The van der Waals surface area contributed by atoms with E-state index in [1.54, 1.807) is 24.3 Å². The van der Waals surface area contributed by atoms with Gasteiger partial charge >= 0.3 is 5.97 Å². The molecule has 1 aromatic heterocycles. The molecule has 0 aliphatic heterocycles. The van der Waals surface area contributed by atoms with E-state index in [-0.39, 0.29) is 11.4 Å². The van der Waals surface area contributed by atoms with Crippen molar-refractivity contribution in [3.63, 3.8) is 0 Å². The molecule has 0 fully saturated rings. The van der Waals surface area contributed by atoms with E-state index in [1.165, 1.54) is 6.20 Å². The van der Waals surface area contributed by atoms with Crippen LogP contribution in [0.1, 0.15) is 10.4 Å². The zero-order valence-corrected chi connectivity index (χ0v) is 7.68. The maximum absolute atomic E-state index is 10.7. The molecule has 0 saturated heterocycles. The van der Waals surface area contributed by atoms with Gasteiger partial charge in [-0.1, -0.05) is 18.2 Å². The molecular formula is C10H8N2O3. The summed E-state index contributed by atoms with van der Waals surface area (Å²) >= 11 is 0. The van der Waals surface area contributed by atoms with Gasteiger partial charge in [0.2, 0.25) is 5.88 Å². The van der Waals surface area contributed by atoms with E-state index in [0.717, 1.165) is 0 Å². The molecule has 1 heterocycles. The molecule has 0 amide bonds. The highest BCUT2D eigenvalue weighted by atomic mass is 16.5. The van der Waals surface area contributed by atoms with Crippen LogP contribution in [-0.2, 0) is 0 Å². The van der Waals surface area contributed by atoms with Crippen molar-refractivity contribution in [1.29, 1.82) is 0 Å². The summed E-state index contributed by atoms with van der Waals surface area (Å²) in [6, 6.07) is 8.90. The van der Waals surface area contributed by atoms with Gasteiger partial charge in [-0.25, -0.2) is 9.89 Å². The molecule has 0 aliphatic carbocycles. The van der Waals surface area contributed by atoms with Crippen LogP contribution in [0.2, 0.25) is 0 Å².